The molecule has 7 nitrogen and oxygen atoms in total. The van der Waals surface area contributed by atoms with Crippen LogP contribution in [0.5, 0.6) is 11.5 Å². The molecule has 1 aliphatic rings. The molecule has 1 amide bonds. The number of ether oxygens (including phenoxy) is 2. The predicted molar refractivity (Wildman–Crippen MR) is 117 cm³/mol. The van der Waals surface area contributed by atoms with Crippen LogP contribution in [-0.4, -0.2) is 43.7 Å². The van der Waals surface area contributed by atoms with Crippen LogP contribution in [0, 0.1) is 11.5 Å². The quantitative estimate of drug-likeness (QED) is 0.251. The molecule has 8 heteroatoms. The molecule has 2 aromatic carbocycles. The highest BCUT2D eigenvalue weighted by Gasteiger charge is 2.59. The zero-order chi connectivity index (χ0) is 22.8. The molecule has 3 rings (SSSR count). The van der Waals surface area contributed by atoms with Gasteiger partial charge in [-0.15, -0.1) is 5.54 Å². The molecular formula is C23H23NO6Si. The van der Waals surface area contributed by atoms with Crippen molar-refractivity contribution in [3.8, 4) is 23.0 Å². The van der Waals surface area contributed by atoms with E-state index in [-0.39, 0.29) is 11.3 Å². The number of carboxylic acids is 1. The molecule has 0 radical (unpaired) electrons. The number of carbonyl (C=O) groups excluding carboxylic acids is 2. The van der Waals surface area contributed by atoms with Crippen LogP contribution in [0.1, 0.15) is 21.8 Å². The number of amides is 1. The zero-order valence-electron chi connectivity index (χ0n) is 17.7. The fourth-order valence-corrected chi connectivity index (χ4v) is 3.78. The first-order valence-corrected chi connectivity index (χ1v) is 13.1. The van der Waals surface area contributed by atoms with Gasteiger partial charge in [0.15, 0.2) is 0 Å². The lowest BCUT2D eigenvalue weighted by molar-refractivity contribution is -0.158. The lowest BCUT2D eigenvalue weighted by Crippen LogP contribution is -2.66. The lowest BCUT2D eigenvalue weighted by Gasteiger charge is -2.37. The molecule has 0 saturated heterocycles. The number of hydrogen-bond donors (Lipinski definition) is 2. The SMILES string of the molecule is COc1ccc(C(=O)NC2(C(=O)O)C(=O)Oc3ccccc3C2C#C[Si](C)(C)C)cc1. The van der Waals surface area contributed by atoms with E-state index in [4.69, 9.17) is 9.47 Å². The van der Waals surface area contributed by atoms with Gasteiger partial charge in [-0.2, -0.15) is 0 Å². The number of methoxy groups -OCH3 is 1. The monoisotopic (exact) mass is 437 g/mol. The van der Waals surface area contributed by atoms with Gasteiger partial charge in [0.2, 0.25) is 0 Å². The van der Waals surface area contributed by atoms with Gasteiger partial charge in [-0.05, 0) is 30.3 Å². The van der Waals surface area contributed by atoms with Crippen LogP contribution < -0.4 is 14.8 Å². The molecule has 2 unspecified atom stereocenters. The van der Waals surface area contributed by atoms with Gasteiger partial charge >= 0.3 is 11.9 Å². The topological polar surface area (TPSA) is 102 Å². The number of fused-ring (bicyclic) bond motifs is 1. The van der Waals surface area contributed by atoms with Gasteiger partial charge in [0.25, 0.3) is 11.4 Å². The molecule has 0 saturated carbocycles. The third-order valence-electron chi connectivity index (χ3n) is 4.78. The van der Waals surface area contributed by atoms with Crippen LogP contribution in [0.15, 0.2) is 48.5 Å². The van der Waals surface area contributed by atoms with E-state index in [1.807, 2.05) is 19.6 Å². The molecule has 160 valence electrons. The van der Waals surface area contributed by atoms with Crippen molar-refractivity contribution in [1.29, 1.82) is 0 Å². The van der Waals surface area contributed by atoms with E-state index in [2.05, 4.69) is 16.8 Å². The highest BCUT2D eigenvalue weighted by atomic mass is 28.3. The van der Waals surface area contributed by atoms with Gasteiger partial charge in [-0.25, -0.2) is 9.59 Å². The summed E-state index contributed by atoms with van der Waals surface area (Å²) in [6.45, 7) is 6.02. The van der Waals surface area contributed by atoms with Crippen LogP contribution in [0.2, 0.25) is 19.6 Å². The van der Waals surface area contributed by atoms with Crippen molar-refractivity contribution in [2.45, 2.75) is 31.1 Å². The van der Waals surface area contributed by atoms with E-state index >= 15 is 0 Å². The summed E-state index contributed by atoms with van der Waals surface area (Å²) in [7, 11) is -0.437. The molecular weight excluding hydrogens is 414 g/mol. The second kappa shape index (κ2) is 8.28. The third kappa shape index (κ3) is 4.32. The molecule has 0 spiro atoms. The number of rotatable bonds is 4. The van der Waals surface area contributed by atoms with Gasteiger partial charge in [0.1, 0.15) is 19.6 Å². The molecule has 1 heterocycles. The summed E-state index contributed by atoms with van der Waals surface area (Å²) in [5.41, 5.74) is 1.36. The summed E-state index contributed by atoms with van der Waals surface area (Å²) in [5.74, 6) is -0.714. The van der Waals surface area contributed by atoms with E-state index in [1.54, 1.807) is 36.4 Å². The van der Waals surface area contributed by atoms with E-state index in [9.17, 15) is 19.5 Å². The first kappa shape index (κ1) is 22.1. The zero-order valence-corrected chi connectivity index (χ0v) is 18.7. The summed E-state index contributed by atoms with van der Waals surface area (Å²) < 4.78 is 10.4. The summed E-state index contributed by atoms with van der Waals surface area (Å²) in [6.07, 6.45) is 0. The molecule has 31 heavy (non-hydrogen) atoms. The van der Waals surface area contributed by atoms with Crippen LogP contribution in [0.4, 0.5) is 0 Å². The van der Waals surface area contributed by atoms with E-state index in [0.29, 0.717) is 11.3 Å². The Balaban J connectivity index is 2.13. The molecule has 1 aliphatic heterocycles. The third-order valence-corrected chi connectivity index (χ3v) is 5.67. The molecule has 2 aromatic rings. The Morgan fingerprint density at radius 1 is 1.13 bits per heavy atom. The number of aliphatic carboxylic acids is 1. The van der Waals surface area contributed by atoms with Crippen LogP contribution in [-0.2, 0) is 9.59 Å². The standard InChI is InChI=1S/C23H23NO6Si/c1-29-16-11-9-15(10-12-16)20(25)24-23(21(26)27)18(13-14-31(2,3)4)17-7-5-6-8-19(17)30-22(23)28/h5-12,18H,1-4H3,(H,24,25)(H,26,27). The fraction of sp³-hybridized carbons (Fsp3) is 0.261. The van der Waals surface area contributed by atoms with Crippen molar-refractivity contribution in [3.05, 3.63) is 59.7 Å². The predicted octanol–water partition coefficient (Wildman–Crippen LogP) is 2.83. The van der Waals surface area contributed by atoms with Crippen LogP contribution >= 0.6 is 0 Å². The number of nitrogens with one attached hydrogen (secondary N) is 1. The molecule has 0 aromatic heterocycles. The Morgan fingerprint density at radius 3 is 2.35 bits per heavy atom. The largest absolute Gasteiger partial charge is 0.497 e. The number of esters is 1. The van der Waals surface area contributed by atoms with Crippen molar-refractivity contribution in [2.24, 2.45) is 0 Å². The maximum absolute atomic E-state index is 13.0. The second-order valence-electron chi connectivity index (χ2n) is 8.18. The van der Waals surface area contributed by atoms with Crippen molar-refractivity contribution in [3.63, 3.8) is 0 Å². The minimum absolute atomic E-state index is 0.171. The lowest BCUT2D eigenvalue weighted by atomic mass is 9.77. The fourth-order valence-electron chi connectivity index (χ4n) is 3.20. The van der Waals surface area contributed by atoms with Crippen molar-refractivity contribution in [1.82, 2.24) is 5.32 Å². The van der Waals surface area contributed by atoms with Gasteiger partial charge < -0.3 is 19.9 Å². The highest BCUT2D eigenvalue weighted by molar-refractivity contribution is 6.83. The highest BCUT2D eigenvalue weighted by Crippen LogP contribution is 2.40. The van der Waals surface area contributed by atoms with Gasteiger partial charge in [-0.1, -0.05) is 43.8 Å². The summed E-state index contributed by atoms with van der Waals surface area (Å²) in [5, 5.41) is 12.6. The van der Waals surface area contributed by atoms with Gasteiger partial charge in [-0.3, -0.25) is 4.79 Å². The molecule has 2 N–H and O–H groups in total. The number of benzene rings is 2. The number of carboxylic acid groups (broad SMARTS) is 1. The average Bonchev–Trinajstić information content (AvgIpc) is 2.72. The molecule has 0 fully saturated rings. The van der Waals surface area contributed by atoms with E-state index in [0.717, 1.165) is 0 Å². The Bertz CT molecular complexity index is 1090. The first-order valence-electron chi connectivity index (χ1n) is 9.62. The maximum Gasteiger partial charge on any atom is 0.350 e. The minimum atomic E-state index is -2.39. The maximum atomic E-state index is 13.0. The summed E-state index contributed by atoms with van der Waals surface area (Å²) >= 11 is 0. The molecule has 2 atom stereocenters. The van der Waals surface area contributed by atoms with E-state index in [1.165, 1.54) is 19.2 Å². The molecule has 0 bridgehead atoms. The van der Waals surface area contributed by atoms with Gasteiger partial charge in [0, 0.05) is 11.1 Å². The second-order valence-corrected chi connectivity index (χ2v) is 12.9. The number of para-hydroxylation sites is 1. The van der Waals surface area contributed by atoms with Crippen molar-refractivity contribution < 1.29 is 29.0 Å². The summed E-state index contributed by atoms with van der Waals surface area (Å²) in [6, 6.07) is 12.7. The molecule has 0 aliphatic carbocycles. The van der Waals surface area contributed by atoms with Crippen molar-refractivity contribution in [2.75, 3.05) is 7.11 Å². The minimum Gasteiger partial charge on any atom is -0.497 e. The smallest absolute Gasteiger partial charge is 0.350 e. The Hall–Kier alpha value is -3.57. The van der Waals surface area contributed by atoms with Crippen molar-refractivity contribution >= 4 is 25.9 Å². The average molecular weight is 438 g/mol. The number of hydrogen-bond acceptors (Lipinski definition) is 5. The van der Waals surface area contributed by atoms with E-state index < -0.39 is 37.4 Å². The Morgan fingerprint density at radius 2 is 1.77 bits per heavy atom. The normalized spacial score (nSPS) is 19.9. The Kier molecular flexibility index (Phi) is 5.91. The van der Waals surface area contributed by atoms with Crippen LogP contribution in [0.25, 0.3) is 0 Å². The first-order chi connectivity index (χ1) is 14.6. The summed E-state index contributed by atoms with van der Waals surface area (Å²) in [4.78, 5) is 38.5. The number of carbonyl (C=O) groups is 3. The van der Waals surface area contributed by atoms with Crippen LogP contribution in [0.3, 0.4) is 0 Å². The Labute approximate surface area is 181 Å². The van der Waals surface area contributed by atoms with Gasteiger partial charge in [0.05, 0.1) is 13.0 Å².